The molecule has 0 spiro atoms. The molecule has 1 heterocycles. The molecule has 9 nitrogen and oxygen atoms in total. The number of carboxylic acids is 1. The normalized spacial score (nSPS) is 10.3. The van der Waals surface area contributed by atoms with Gasteiger partial charge >= 0.3 is 5.97 Å². The number of nitro benzene ring substituents is 1. The van der Waals surface area contributed by atoms with Gasteiger partial charge < -0.3 is 15.8 Å². The number of nitrogens with one attached hydrogen (secondary N) is 1. The van der Waals surface area contributed by atoms with Crippen LogP contribution in [-0.4, -0.2) is 26.0 Å². The van der Waals surface area contributed by atoms with Crippen molar-refractivity contribution in [2.24, 2.45) is 0 Å². The van der Waals surface area contributed by atoms with E-state index in [2.05, 4.69) is 9.97 Å². The third-order valence-electron chi connectivity index (χ3n) is 2.35. The summed E-state index contributed by atoms with van der Waals surface area (Å²) in [6, 6.07) is 4.51. The fourth-order valence-corrected chi connectivity index (χ4v) is 2.37. The molecule has 10 heteroatoms. The fraction of sp³-hybridized carbons (Fsp3) is 0. The van der Waals surface area contributed by atoms with Gasteiger partial charge in [0.2, 0.25) is 0 Å². The minimum absolute atomic E-state index is 0.0222. The molecule has 0 amide bonds. The number of nitrogens with two attached hydrogens (primary N) is 1. The molecule has 0 unspecified atom stereocenters. The van der Waals surface area contributed by atoms with Crippen LogP contribution >= 0.6 is 11.8 Å². The number of aromatic nitrogens is 2. The number of nitrogen functional groups attached to an aromatic ring is 1. The number of aromatic amines is 1. The van der Waals surface area contributed by atoms with E-state index < -0.39 is 22.1 Å². The lowest BCUT2D eigenvalue weighted by molar-refractivity contribution is -0.387. The van der Waals surface area contributed by atoms with Crippen molar-refractivity contribution in [1.29, 1.82) is 0 Å². The van der Waals surface area contributed by atoms with E-state index >= 15 is 0 Å². The number of nitrogens with zero attached hydrogens (tertiary/aromatic N) is 2. The van der Waals surface area contributed by atoms with Gasteiger partial charge in [-0.2, -0.15) is 0 Å². The zero-order valence-corrected chi connectivity index (χ0v) is 11.1. The number of anilines is 1. The first kappa shape index (κ1) is 14.5. The van der Waals surface area contributed by atoms with Gasteiger partial charge in [-0.3, -0.25) is 14.9 Å². The molecule has 2 rings (SSSR count). The van der Waals surface area contributed by atoms with Gasteiger partial charge in [0.05, 0.1) is 15.4 Å². The molecule has 0 saturated heterocycles. The highest BCUT2D eigenvalue weighted by Gasteiger charge is 2.19. The van der Waals surface area contributed by atoms with Gasteiger partial charge in [-0.05, 0) is 23.9 Å². The average Bonchev–Trinajstić information content (AvgIpc) is 2.37. The molecule has 0 bridgehead atoms. The maximum absolute atomic E-state index is 11.3. The molecule has 2 aromatic rings. The van der Waals surface area contributed by atoms with E-state index in [0.717, 1.165) is 23.9 Å². The molecule has 0 atom stereocenters. The lowest BCUT2D eigenvalue weighted by atomic mass is 10.2. The van der Waals surface area contributed by atoms with Crippen molar-refractivity contribution >= 4 is 29.2 Å². The molecule has 4 N–H and O–H groups in total. The molecular weight excluding hydrogens is 300 g/mol. The lowest BCUT2D eigenvalue weighted by Gasteiger charge is -2.04. The molecule has 0 fully saturated rings. The Kier molecular flexibility index (Phi) is 3.89. The number of benzene rings is 1. The maximum Gasteiger partial charge on any atom is 0.335 e. The second kappa shape index (κ2) is 5.63. The van der Waals surface area contributed by atoms with Gasteiger partial charge in [0.15, 0.2) is 5.16 Å². The molecule has 0 aliphatic carbocycles. The predicted molar refractivity (Wildman–Crippen MR) is 73.4 cm³/mol. The van der Waals surface area contributed by atoms with Crippen LogP contribution in [0.5, 0.6) is 0 Å². The topological polar surface area (TPSA) is 152 Å². The van der Waals surface area contributed by atoms with Crippen LogP contribution in [-0.2, 0) is 0 Å². The summed E-state index contributed by atoms with van der Waals surface area (Å²) in [6.07, 6.45) is 0. The molecule has 0 aliphatic heterocycles. The van der Waals surface area contributed by atoms with E-state index in [0.29, 0.717) is 0 Å². The summed E-state index contributed by atoms with van der Waals surface area (Å²) in [5.41, 5.74) is 4.32. The van der Waals surface area contributed by atoms with Crippen LogP contribution in [0, 0.1) is 10.1 Å². The van der Waals surface area contributed by atoms with E-state index in [1.54, 1.807) is 0 Å². The maximum atomic E-state index is 11.3. The van der Waals surface area contributed by atoms with Crippen LogP contribution in [0.4, 0.5) is 11.5 Å². The molecule has 0 radical (unpaired) electrons. The molecule has 108 valence electrons. The zero-order chi connectivity index (χ0) is 15.6. The largest absolute Gasteiger partial charge is 0.478 e. The van der Waals surface area contributed by atoms with Gasteiger partial charge in [-0.1, -0.05) is 0 Å². The monoisotopic (exact) mass is 308 g/mol. The van der Waals surface area contributed by atoms with Crippen molar-refractivity contribution < 1.29 is 14.8 Å². The second-order valence-corrected chi connectivity index (χ2v) is 4.85. The third kappa shape index (κ3) is 3.36. The summed E-state index contributed by atoms with van der Waals surface area (Å²) < 4.78 is 0. The second-order valence-electron chi connectivity index (χ2n) is 3.82. The first-order valence-electron chi connectivity index (χ1n) is 5.43. The number of carboxylic acid groups (broad SMARTS) is 1. The van der Waals surface area contributed by atoms with Gasteiger partial charge in [0.25, 0.3) is 11.2 Å². The third-order valence-corrected chi connectivity index (χ3v) is 3.30. The van der Waals surface area contributed by atoms with Crippen molar-refractivity contribution in [2.45, 2.75) is 10.1 Å². The van der Waals surface area contributed by atoms with Crippen molar-refractivity contribution in [3.63, 3.8) is 0 Å². The van der Waals surface area contributed by atoms with Crippen LogP contribution < -0.4 is 11.3 Å². The summed E-state index contributed by atoms with van der Waals surface area (Å²) in [7, 11) is 0. The van der Waals surface area contributed by atoms with Crippen LogP contribution in [0.2, 0.25) is 0 Å². The minimum atomic E-state index is -1.27. The number of hydrogen-bond acceptors (Lipinski definition) is 7. The molecule has 1 aromatic heterocycles. The van der Waals surface area contributed by atoms with Gasteiger partial charge in [-0.15, -0.1) is 0 Å². The Balaban J connectivity index is 2.46. The number of aromatic carboxylic acids is 1. The van der Waals surface area contributed by atoms with E-state index in [1.165, 1.54) is 12.1 Å². The summed E-state index contributed by atoms with van der Waals surface area (Å²) in [6.45, 7) is 0. The predicted octanol–water partition coefficient (Wildman–Crippen LogP) is 1.11. The Bertz CT molecular complexity index is 788. The standard InChI is InChI=1S/C11H8N4O5S/c12-8-4-9(16)14-11(13-8)21-7-2-1-5(10(17)18)3-6(7)15(19)20/h1-4H,(H,17,18)(H3,12,13,14,16). The highest BCUT2D eigenvalue weighted by molar-refractivity contribution is 7.99. The van der Waals surface area contributed by atoms with Gasteiger partial charge in [0.1, 0.15) is 5.82 Å². The lowest BCUT2D eigenvalue weighted by Crippen LogP contribution is -2.09. The smallest absolute Gasteiger partial charge is 0.335 e. The van der Waals surface area contributed by atoms with Crippen LogP contribution in [0.25, 0.3) is 0 Å². The van der Waals surface area contributed by atoms with E-state index in [9.17, 15) is 19.7 Å². The number of H-pyrrole nitrogens is 1. The van der Waals surface area contributed by atoms with Crippen molar-refractivity contribution in [2.75, 3.05) is 5.73 Å². The van der Waals surface area contributed by atoms with Crippen LogP contribution in [0.3, 0.4) is 0 Å². The Morgan fingerprint density at radius 3 is 2.71 bits per heavy atom. The van der Waals surface area contributed by atoms with Crippen LogP contribution in [0.15, 0.2) is 39.1 Å². The summed E-state index contributed by atoms with van der Waals surface area (Å²) in [5.74, 6) is -1.30. The zero-order valence-electron chi connectivity index (χ0n) is 10.3. The van der Waals surface area contributed by atoms with Gasteiger partial charge in [0, 0.05) is 12.1 Å². The summed E-state index contributed by atoms with van der Waals surface area (Å²) in [5, 5.41) is 19.9. The molecule has 21 heavy (non-hydrogen) atoms. The summed E-state index contributed by atoms with van der Waals surface area (Å²) >= 11 is 0.810. The SMILES string of the molecule is Nc1cc(=O)[nH]c(Sc2ccc(C(=O)O)cc2[N+](=O)[O-])n1. The number of hydrogen-bond donors (Lipinski definition) is 3. The van der Waals surface area contributed by atoms with Gasteiger partial charge in [-0.25, -0.2) is 9.78 Å². The molecular formula is C11H8N4O5S. The van der Waals surface area contributed by atoms with E-state index in [-0.39, 0.29) is 21.4 Å². The van der Waals surface area contributed by atoms with E-state index in [4.69, 9.17) is 10.8 Å². The first-order valence-corrected chi connectivity index (χ1v) is 6.25. The minimum Gasteiger partial charge on any atom is -0.478 e. The molecule has 0 aliphatic rings. The Labute approximate surface area is 121 Å². The number of carbonyl (C=O) groups is 1. The Morgan fingerprint density at radius 2 is 2.14 bits per heavy atom. The Morgan fingerprint density at radius 1 is 1.43 bits per heavy atom. The number of nitro groups is 1. The quantitative estimate of drug-likeness (QED) is 0.431. The van der Waals surface area contributed by atoms with E-state index in [1.807, 2.05) is 0 Å². The summed E-state index contributed by atoms with van der Waals surface area (Å²) in [4.78, 5) is 38.7. The fourth-order valence-electron chi connectivity index (χ4n) is 1.49. The number of rotatable bonds is 4. The average molecular weight is 308 g/mol. The highest BCUT2D eigenvalue weighted by atomic mass is 32.2. The van der Waals surface area contributed by atoms with Crippen molar-refractivity contribution in [3.8, 4) is 0 Å². The first-order chi connectivity index (χ1) is 9.86. The highest BCUT2D eigenvalue weighted by Crippen LogP contribution is 2.33. The Hall–Kier alpha value is -2.88. The molecule has 1 aromatic carbocycles. The molecule has 0 saturated carbocycles. The van der Waals surface area contributed by atoms with Crippen LogP contribution in [0.1, 0.15) is 10.4 Å². The van der Waals surface area contributed by atoms with Crippen molar-refractivity contribution in [3.05, 3.63) is 50.3 Å². The van der Waals surface area contributed by atoms with Crippen molar-refractivity contribution in [1.82, 2.24) is 9.97 Å².